The average molecular weight is 444 g/mol. The second-order valence-electron chi connectivity index (χ2n) is 9.07. The summed E-state index contributed by atoms with van der Waals surface area (Å²) >= 11 is 0. The molecular formula is C27H29N3O3. The van der Waals surface area contributed by atoms with Crippen LogP contribution in [0, 0.1) is 18.8 Å². The molecule has 0 bridgehead atoms. The second kappa shape index (κ2) is 8.85. The largest absolute Gasteiger partial charge is 0.480 e. The quantitative estimate of drug-likeness (QED) is 0.650. The van der Waals surface area contributed by atoms with Gasteiger partial charge in [-0.1, -0.05) is 54.2 Å². The Balaban J connectivity index is 1.59. The Bertz CT molecular complexity index is 1230. The number of hydrogen-bond acceptors (Lipinski definition) is 3. The Hall–Kier alpha value is -3.41. The van der Waals surface area contributed by atoms with Crippen molar-refractivity contribution in [1.29, 1.82) is 0 Å². The third-order valence-corrected chi connectivity index (χ3v) is 7.05. The smallest absolute Gasteiger partial charge is 0.323 e. The molecule has 1 N–H and O–H groups in total. The van der Waals surface area contributed by atoms with Gasteiger partial charge in [0.25, 0.3) is 0 Å². The first kappa shape index (κ1) is 21.4. The van der Waals surface area contributed by atoms with Crippen molar-refractivity contribution in [1.82, 2.24) is 9.58 Å². The number of rotatable bonds is 6. The molecule has 6 heteroatoms. The Morgan fingerprint density at radius 1 is 1.12 bits per heavy atom. The van der Waals surface area contributed by atoms with Crippen molar-refractivity contribution in [2.24, 2.45) is 16.9 Å². The number of hydrogen-bond donors (Lipinski definition) is 1. The molecule has 0 spiro atoms. The van der Waals surface area contributed by atoms with Gasteiger partial charge in [0.05, 0.1) is 11.6 Å². The van der Waals surface area contributed by atoms with Crippen LogP contribution in [0.1, 0.15) is 43.4 Å². The maximum absolute atomic E-state index is 13.4. The monoisotopic (exact) mass is 443 g/mol. The molecule has 2 atom stereocenters. The lowest BCUT2D eigenvalue weighted by atomic mass is 9.76. The number of carbonyl (C=O) groups is 2. The highest BCUT2D eigenvalue weighted by molar-refractivity contribution is 6.15. The molecule has 170 valence electrons. The third kappa shape index (κ3) is 3.94. The lowest BCUT2D eigenvalue weighted by Gasteiger charge is -2.37. The van der Waals surface area contributed by atoms with Crippen LogP contribution in [-0.4, -0.2) is 38.8 Å². The van der Waals surface area contributed by atoms with Crippen LogP contribution in [0.15, 0.2) is 65.3 Å². The summed E-state index contributed by atoms with van der Waals surface area (Å²) in [5.74, 6) is -0.893. The van der Waals surface area contributed by atoms with Gasteiger partial charge in [-0.15, -0.1) is 0 Å². The summed E-state index contributed by atoms with van der Waals surface area (Å²) in [4.78, 5) is 25.0. The topological polar surface area (TPSA) is 74.9 Å². The minimum absolute atomic E-state index is 0.00956. The first-order chi connectivity index (χ1) is 16.0. The fourth-order valence-electron chi connectivity index (χ4n) is 5.41. The summed E-state index contributed by atoms with van der Waals surface area (Å²) in [5, 5.41) is 17.1. The van der Waals surface area contributed by atoms with Crippen molar-refractivity contribution < 1.29 is 14.7 Å². The zero-order valence-corrected chi connectivity index (χ0v) is 18.9. The van der Waals surface area contributed by atoms with Gasteiger partial charge in [0.15, 0.2) is 0 Å². The highest BCUT2D eigenvalue weighted by Gasteiger charge is 2.41. The summed E-state index contributed by atoms with van der Waals surface area (Å²) < 4.78 is 1.85. The number of para-hydroxylation sites is 1. The van der Waals surface area contributed by atoms with Crippen molar-refractivity contribution >= 4 is 28.5 Å². The lowest BCUT2D eigenvalue weighted by molar-refractivity contribution is -0.138. The van der Waals surface area contributed by atoms with E-state index >= 15 is 0 Å². The molecule has 1 aromatic heterocycles. The predicted molar refractivity (Wildman–Crippen MR) is 129 cm³/mol. The molecule has 2 aromatic rings. The molecule has 2 aliphatic carbocycles. The Morgan fingerprint density at radius 3 is 2.67 bits per heavy atom. The molecule has 1 aromatic carbocycles. The van der Waals surface area contributed by atoms with E-state index in [2.05, 4.69) is 30.4 Å². The second-order valence-corrected chi connectivity index (χ2v) is 9.07. The molecule has 3 aliphatic rings. The van der Waals surface area contributed by atoms with Crippen molar-refractivity contribution in [2.75, 3.05) is 6.54 Å². The van der Waals surface area contributed by atoms with Gasteiger partial charge in [0.2, 0.25) is 5.91 Å². The van der Waals surface area contributed by atoms with E-state index in [0.29, 0.717) is 13.0 Å². The molecule has 0 saturated heterocycles. The zero-order chi connectivity index (χ0) is 22.9. The summed E-state index contributed by atoms with van der Waals surface area (Å²) in [6.45, 7) is 2.42. The van der Waals surface area contributed by atoms with Gasteiger partial charge in [-0.05, 0) is 45.1 Å². The number of hydrazone groups is 1. The molecule has 33 heavy (non-hydrogen) atoms. The van der Waals surface area contributed by atoms with Gasteiger partial charge in [-0.3, -0.25) is 9.59 Å². The molecule has 1 aliphatic heterocycles. The van der Waals surface area contributed by atoms with Gasteiger partial charge < -0.3 is 9.67 Å². The van der Waals surface area contributed by atoms with Crippen molar-refractivity contribution in [3.05, 3.63) is 71.5 Å². The van der Waals surface area contributed by atoms with Crippen molar-refractivity contribution in [3.8, 4) is 0 Å². The van der Waals surface area contributed by atoms with E-state index in [1.54, 1.807) is 5.01 Å². The van der Waals surface area contributed by atoms with Gasteiger partial charge in [0.1, 0.15) is 6.54 Å². The van der Waals surface area contributed by atoms with Crippen LogP contribution >= 0.6 is 0 Å². The number of carboxylic acids is 1. The van der Waals surface area contributed by atoms with E-state index in [1.165, 1.54) is 5.57 Å². The molecule has 2 heterocycles. The number of aromatic nitrogens is 1. The molecule has 6 nitrogen and oxygen atoms in total. The normalized spacial score (nSPS) is 22.3. The molecule has 1 unspecified atom stereocenters. The molecule has 0 saturated carbocycles. The average Bonchev–Trinajstić information content (AvgIpc) is 3.10. The zero-order valence-electron chi connectivity index (χ0n) is 18.9. The Labute approximate surface area is 193 Å². The third-order valence-electron chi connectivity index (χ3n) is 7.05. The number of fused-ring (bicyclic) bond motifs is 2. The minimum Gasteiger partial charge on any atom is -0.480 e. The maximum atomic E-state index is 13.4. The van der Waals surface area contributed by atoms with Gasteiger partial charge >= 0.3 is 5.97 Å². The Morgan fingerprint density at radius 2 is 1.91 bits per heavy atom. The van der Waals surface area contributed by atoms with Gasteiger partial charge in [-0.2, -0.15) is 5.10 Å². The predicted octanol–water partition coefficient (Wildman–Crippen LogP) is 4.83. The van der Waals surface area contributed by atoms with Gasteiger partial charge in [-0.25, -0.2) is 5.01 Å². The van der Waals surface area contributed by atoms with E-state index < -0.39 is 5.97 Å². The molecule has 5 rings (SSSR count). The van der Waals surface area contributed by atoms with Crippen LogP contribution in [0.25, 0.3) is 10.9 Å². The molecule has 1 amide bonds. The maximum Gasteiger partial charge on any atom is 0.323 e. The SMILES string of the molecule is Cc1c(C2=NN(CCC3=CCCC=C3)C(=O)C3CC=CC[C@H]23)c2ccccc2n1CC(=O)O. The number of nitrogens with zero attached hydrogens (tertiary/aromatic N) is 3. The van der Waals surface area contributed by atoms with E-state index in [1.807, 2.05) is 35.8 Å². The molecule has 0 radical (unpaired) electrons. The lowest BCUT2D eigenvalue weighted by Crippen LogP contribution is -2.45. The van der Waals surface area contributed by atoms with Gasteiger partial charge in [0, 0.05) is 34.6 Å². The number of carboxylic acid groups (broad SMARTS) is 1. The van der Waals surface area contributed by atoms with Crippen LogP contribution in [0.4, 0.5) is 0 Å². The fraction of sp³-hybridized carbons (Fsp3) is 0.370. The summed E-state index contributed by atoms with van der Waals surface area (Å²) in [5.41, 5.74) is 4.92. The molecule has 0 fully saturated rings. The van der Waals surface area contributed by atoms with Crippen LogP contribution in [0.2, 0.25) is 0 Å². The van der Waals surface area contributed by atoms with E-state index in [-0.39, 0.29) is 24.3 Å². The first-order valence-electron chi connectivity index (χ1n) is 11.7. The van der Waals surface area contributed by atoms with E-state index in [9.17, 15) is 14.7 Å². The summed E-state index contributed by atoms with van der Waals surface area (Å²) in [7, 11) is 0. The van der Waals surface area contributed by atoms with Crippen molar-refractivity contribution in [2.45, 2.75) is 45.6 Å². The highest BCUT2D eigenvalue weighted by atomic mass is 16.4. The van der Waals surface area contributed by atoms with E-state index in [4.69, 9.17) is 5.10 Å². The number of allylic oxidation sites excluding steroid dienone is 5. The number of aliphatic carboxylic acids is 1. The summed E-state index contributed by atoms with van der Waals surface area (Å²) in [6, 6.07) is 7.90. The summed E-state index contributed by atoms with van der Waals surface area (Å²) in [6.07, 6.45) is 15.2. The number of carbonyl (C=O) groups excluding carboxylic acids is 1. The standard InChI is InChI=1S/C27H29N3O3/c1-18-25(22-13-7-8-14-23(22)29(18)17-24(31)32)26-20-11-5-6-12-21(20)27(33)30(28-26)16-15-19-9-3-2-4-10-19/h3,5-10,13-14,20-21H,2,4,11-12,15-17H2,1H3,(H,31,32)/t20-,21?/m0/s1. The molecular weight excluding hydrogens is 414 g/mol. The van der Waals surface area contributed by atoms with Crippen LogP contribution in [-0.2, 0) is 16.1 Å². The highest BCUT2D eigenvalue weighted by Crippen LogP contribution is 2.38. The van der Waals surface area contributed by atoms with E-state index in [0.717, 1.165) is 53.6 Å². The number of benzene rings is 1. The minimum atomic E-state index is -0.875. The van der Waals surface area contributed by atoms with Crippen molar-refractivity contribution in [3.63, 3.8) is 0 Å². The van der Waals surface area contributed by atoms with Crippen LogP contribution in [0.3, 0.4) is 0 Å². The Kier molecular flexibility index (Phi) is 5.75. The fourth-order valence-corrected chi connectivity index (χ4v) is 5.41. The number of amides is 1. The van der Waals surface area contributed by atoms with Crippen LogP contribution < -0.4 is 0 Å². The first-order valence-corrected chi connectivity index (χ1v) is 11.7. The van der Waals surface area contributed by atoms with Crippen LogP contribution in [0.5, 0.6) is 0 Å².